The van der Waals surface area contributed by atoms with Gasteiger partial charge in [0.15, 0.2) is 11.0 Å². The van der Waals surface area contributed by atoms with Crippen LogP contribution in [0.2, 0.25) is 0 Å². The number of benzene rings is 3. The molecule has 0 saturated heterocycles. The molecule has 1 aromatic heterocycles. The Kier molecular flexibility index (Phi) is 7.75. The molecule has 0 aliphatic heterocycles. The van der Waals surface area contributed by atoms with Crippen molar-refractivity contribution in [3.63, 3.8) is 0 Å². The molecule has 6 nitrogen and oxygen atoms in total. The lowest BCUT2D eigenvalue weighted by atomic mass is 10.1. The van der Waals surface area contributed by atoms with Crippen LogP contribution in [0.5, 0.6) is 5.75 Å². The number of nitriles is 1. The van der Waals surface area contributed by atoms with Crippen molar-refractivity contribution >= 4 is 11.8 Å². The number of aromatic nitrogens is 3. The van der Waals surface area contributed by atoms with E-state index in [-0.39, 0.29) is 6.61 Å². The molecule has 3 aromatic carbocycles. The third kappa shape index (κ3) is 5.61. The molecule has 0 atom stereocenters. The third-order valence-electron chi connectivity index (χ3n) is 5.14. The van der Waals surface area contributed by atoms with Gasteiger partial charge in [0.1, 0.15) is 12.4 Å². The normalized spacial score (nSPS) is 10.7. The van der Waals surface area contributed by atoms with E-state index in [1.54, 1.807) is 18.9 Å². The van der Waals surface area contributed by atoms with E-state index in [1.165, 1.54) is 0 Å². The molecule has 0 aliphatic rings. The van der Waals surface area contributed by atoms with Crippen molar-refractivity contribution in [2.75, 3.05) is 13.7 Å². The van der Waals surface area contributed by atoms with Gasteiger partial charge in [-0.15, -0.1) is 10.2 Å². The molecule has 33 heavy (non-hydrogen) atoms. The first-order valence-electron chi connectivity index (χ1n) is 10.6. The van der Waals surface area contributed by atoms with Crippen molar-refractivity contribution < 1.29 is 9.47 Å². The molecule has 0 radical (unpaired) electrons. The maximum atomic E-state index is 9.35. The van der Waals surface area contributed by atoms with Gasteiger partial charge in [-0.25, -0.2) is 0 Å². The van der Waals surface area contributed by atoms with Gasteiger partial charge >= 0.3 is 0 Å². The molecule has 0 spiro atoms. The van der Waals surface area contributed by atoms with Crippen LogP contribution in [0, 0.1) is 11.3 Å². The fourth-order valence-corrected chi connectivity index (χ4v) is 4.42. The van der Waals surface area contributed by atoms with Crippen LogP contribution in [0.25, 0.3) is 11.1 Å². The van der Waals surface area contributed by atoms with E-state index in [1.807, 2.05) is 71.3 Å². The van der Waals surface area contributed by atoms with Crippen molar-refractivity contribution in [3.05, 3.63) is 95.8 Å². The topological polar surface area (TPSA) is 73.0 Å². The molecule has 4 aromatic rings. The zero-order valence-electron chi connectivity index (χ0n) is 18.3. The van der Waals surface area contributed by atoms with Crippen LogP contribution in [0.1, 0.15) is 17.0 Å². The smallest absolute Gasteiger partial charge is 0.191 e. The van der Waals surface area contributed by atoms with Gasteiger partial charge in [-0.3, -0.25) is 0 Å². The van der Waals surface area contributed by atoms with E-state index in [2.05, 4.69) is 28.4 Å². The molecule has 7 heteroatoms. The first kappa shape index (κ1) is 22.6. The minimum atomic E-state index is 0.288. The highest BCUT2D eigenvalue weighted by Gasteiger charge is 2.15. The number of ether oxygens (including phenoxy) is 2. The summed E-state index contributed by atoms with van der Waals surface area (Å²) in [6, 6.07) is 28.0. The maximum absolute atomic E-state index is 9.35. The second-order valence-electron chi connectivity index (χ2n) is 7.25. The van der Waals surface area contributed by atoms with E-state index in [0.717, 1.165) is 33.4 Å². The number of thioether (sulfide) groups is 1. The largest absolute Gasteiger partial charge is 0.485 e. The lowest BCUT2D eigenvalue weighted by molar-refractivity contribution is 0.181. The average molecular weight is 457 g/mol. The fourth-order valence-electron chi connectivity index (χ4n) is 3.43. The fraction of sp³-hybridized carbons (Fsp3) is 0.192. The van der Waals surface area contributed by atoms with Crippen LogP contribution < -0.4 is 4.74 Å². The van der Waals surface area contributed by atoms with Crippen molar-refractivity contribution in [1.82, 2.24) is 14.8 Å². The molecular formula is C26H24N4O2S. The summed E-state index contributed by atoms with van der Waals surface area (Å²) in [5.74, 6) is 2.15. The standard InChI is InChI=1S/C26H24N4O2S/c1-31-16-15-30-25(28-29-26(30)33-19-22-12-6-5-11-21(22)17-27)18-32-24-14-8-7-13-23(24)20-9-3-2-4-10-20/h2-14H,15-16,18-19H2,1H3. The monoisotopic (exact) mass is 456 g/mol. The summed E-state index contributed by atoms with van der Waals surface area (Å²) >= 11 is 1.55. The highest BCUT2D eigenvalue weighted by molar-refractivity contribution is 7.98. The zero-order valence-corrected chi connectivity index (χ0v) is 19.2. The number of hydrogen-bond donors (Lipinski definition) is 0. The van der Waals surface area contributed by atoms with E-state index >= 15 is 0 Å². The van der Waals surface area contributed by atoms with Crippen LogP contribution in [-0.4, -0.2) is 28.5 Å². The summed E-state index contributed by atoms with van der Waals surface area (Å²) in [6.45, 7) is 1.44. The molecule has 4 rings (SSSR count). The van der Waals surface area contributed by atoms with Gasteiger partial charge in [0.2, 0.25) is 0 Å². The Labute approximate surface area is 197 Å². The quantitative estimate of drug-likeness (QED) is 0.300. The van der Waals surface area contributed by atoms with Crippen molar-refractivity contribution in [3.8, 4) is 22.9 Å². The molecule has 0 fully saturated rings. The summed E-state index contributed by atoms with van der Waals surface area (Å²) in [7, 11) is 1.67. The van der Waals surface area contributed by atoms with Crippen LogP contribution >= 0.6 is 11.8 Å². The summed E-state index contributed by atoms with van der Waals surface area (Å²) in [5.41, 5.74) is 3.78. The lowest BCUT2D eigenvalue weighted by Crippen LogP contribution is -2.12. The molecule has 0 amide bonds. The van der Waals surface area contributed by atoms with E-state index in [0.29, 0.717) is 24.5 Å². The van der Waals surface area contributed by atoms with E-state index in [4.69, 9.17) is 9.47 Å². The van der Waals surface area contributed by atoms with Crippen LogP contribution in [-0.2, 0) is 23.6 Å². The first-order chi connectivity index (χ1) is 16.3. The van der Waals surface area contributed by atoms with Crippen LogP contribution in [0.15, 0.2) is 84.0 Å². The van der Waals surface area contributed by atoms with Crippen LogP contribution in [0.4, 0.5) is 0 Å². The van der Waals surface area contributed by atoms with E-state index in [9.17, 15) is 5.26 Å². The summed E-state index contributed by atoms with van der Waals surface area (Å²) in [5, 5.41) is 18.9. The molecular weight excluding hydrogens is 432 g/mol. The van der Waals surface area contributed by atoms with Gasteiger partial charge in [-0.1, -0.05) is 78.5 Å². The van der Waals surface area contributed by atoms with Gasteiger partial charge < -0.3 is 14.0 Å². The Morgan fingerprint density at radius 3 is 2.52 bits per heavy atom. The maximum Gasteiger partial charge on any atom is 0.191 e. The van der Waals surface area contributed by atoms with Crippen molar-refractivity contribution in [2.24, 2.45) is 0 Å². The SMILES string of the molecule is COCCn1c(COc2ccccc2-c2ccccc2)nnc1SCc1ccccc1C#N. The number of rotatable bonds is 10. The second-order valence-corrected chi connectivity index (χ2v) is 8.19. The Balaban J connectivity index is 1.52. The predicted octanol–water partition coefficient (Wildman–Crippen LogP) is 5.33. The van der Waals surface area contributed by atoms with Gasteiger partial charge in [0.05, 0.1) is 18.2 Å². The molecule has 0 unspecified atom stereocenters. The van der Waals surface area contributed by atoms with Gasteiger partial charge in [0, 0.05) is 25.0 Å². The van der Waals surface area contributed by atoms with Crippen LogP contribution in [0.3, 0.4) is 0 Å². The highest BCUT2D eigenvalue weighted by Crippen LogP contribution is 2.30. The Hall–Kier alpha value is -3.60. The minimum absolute atomic E-state index is 0.288. The summed E-state index contributed by atoms with van der Waals surface area (Å²) in [6.07, 6.45) is 0. The summed E-state index contributed by atoms with van der Waals surface area (Å²) < 4.78 is 13.5. The lowest BCUT2D eigenvalue weighted by Gasteiger charge is -2.13. The minimum Gasteiger partial charge on any atom is -0.485 e. The molecule has 0 N–H and O–H groups in total. The Morgan fingerprint density at radius 1 is 0.939 bits per heavy atom. The molecule has 1 heterocycles. The number of nitrogens with zero attached hydrogens (tertiary/aromatic N) is 4. The number of hydrogen-bond acceptors (Lipinski definition) is 6. The van der Waals surface area contributed by atoms with Gasteiger partial charge in [-0.2, -0.15) is 5.26 Å². The average Bonchev–Trinajstić information content (AvgIpc) is 3.27. The third-order valence-corrected chi connectivity index (χ3v) is 6.15. The van der Waals surface area contributed by atoms with Crippen molar-refractivity contribution in [1.29, 1.82) is 5.26 Å². The van der Waals surface area contributed by atoms with Crippen molar-refractivity contribution in [2.45, 2.75) is 24.1 Å². The first-order valence-corrected chi connectivity index (χ1v) is 11.6. The molecule has 0 aliphatic carbocycles. The Bertz CT molecular complexity index is 1230. The van der Waals surface area contributed by atoms with E-state index < -0.39 is 0 Å². The van der Waals surface area contributed by atoms with Gasteiger partial charge in [0.25, 0.3) is 0 Å². The number of para-hydroxylation sites is 1. The zero-order chi connectivity index (χ0) is 22.9. The van der Waals surface area contributed by atoms with Gasteiger partial charge in [-0.05, 0) is 23.3 Å². The highest BCUT2D eigenvalue weighted by atomic mass is 32.2. The summed E-state index contributed by atoms with van der Waals surface area (Å²) in [4.78, 5) is 0. The predicted molar refractivity (Wildman–Crippen MR) is 129 cm³/mol. The second kappa shape index (κ2) is 11.3. The molecule has 0 bridgehead atoms. The Morgan fingerprint density at radius 2 is 1.70 bits per heavy atom. The number of methoxy groups -OCH3 is 1. The molecule has 0 saturated carbocycles. The molecule has 166 valence electrons.